The molecule has 0 saturated carbocycles. The molecule has 0 unspecified atom stereocenters. The van der Waals surface area contributed by atoms with Crippen molar-refractivity contribution in [3.8, 4) is 0 Å². The van der Waals surface area contributed by atoms with Gasteiger partial charge in [-0.05, 0) is 12.5 Å². The SMILES string of the molecule is CCc1cc(C(=O)N2CCC3(CC2)OCC(=O)N3C)n(C)n1. The molecule has 7 heteroatoms. The van der Waals surface area contributed by atoms with E-state index in [0.717, 1.165) is 12.1 Å². The van der Waals surface area contributed by atoms with Crippen LogP contribution in [0.25, 0.3) is 0 Å². The van der Waals surface area contributed by atoms with Gasteiger partial charge < -0.3 is 14.5 Å². The molecule has 1 aromatic heterocycles. The van der Waals surface area contributed by atoms with E-state index < -0.39 is 5.72 Å². The number of hydrogen-bond donors (Lipinski definition) is 0. The summed E-state index contributed by atoms with van der Waals surface area (Å²) in [6, 6.07) is 1.86. The molecule has 1 spiro atoms. The van der Waals surface area contributed by atoms with Gasteiger partial charge in [0.1, 0.15) is 18.0 Å². The molecule has 2 saturated heterocycles. The molecule has 3 rings (SSSR count). The highest BCUT2D eigenvalue weighted by atomic mass is 16.5. The fourth-order valence-electron chi connectivity index (χ4n) is 3.22. The summed E-state index contributed by atoms with van der Waals surface area (Å²) in [5.74, 6) is 0.00975. The monoisotopic (exact) mass is 306 g/mol. The van der Waals surface area contributed by atoms with Gasteiger partial charge in [-0.1, -0.05) is 6.92 Å². The standard InChI is InChI=1S/C15H22N4O3/c1-4-11-9-12(18(3)16-11)14(21)19-7-5-15(6-8-19)17(2)13(20)10-22-15/h9H,4-8,10H2,1-3H3. The molecule has 0 N–H and O–H groups in total. The van der Waals surface area contributed by atoms with Crippen molar-refractivity contribution in [3.63, 3.8) is 0 Å². The Labute approximate surface area is 129 Å². The van der Waals surface area contributed by atoms with E-state index in [2.05, 4.69) is 5.10 Å². The van der Waals surface area contributed by atoms with Crippen molar-refractivity contribution in [2.75, 3.05) is 26.7 Å². The smallest absolute Gasteiger partial charge is 0.272 e. The second kappa shape index (κ2) is 5.39. The molecule has 0 atom stereocenters. The van der Waals surface area contributed by atoms with Gasteiger partial charge in [0.05, 0.1) is 5.69 Å². The fraction of sp³-hybridized carbons (Fsp3) is 0.667. The van der Waals surface area contributed by atoms with Gasteiger partial charge in [0, 0.05) is 40.0 Å². The van der Waals surface area contributed by atoms with E-state index >= 15 is 0 Å². The lowest BCUT2D eigenvalue weighted by Crippen LogP contribution is -2.53. The first-order valence-electron chi connectivity index (χ1n) is 7.69. The summed E-state index contributed by atoms with van der Waals surface area (Å²) in [5, 5.41) is 4.33. The summed E-state index contributed by atoms with van der Waals surface area (Å²) in [7, 11) is 3.58. The van der Waals surface area contributed by atoms with Gasteiger partial charge in [-0.3, -0.25) is 14.3 Å². The Morgan fingerprint density at radius 2 is 2.05 bits per heavy atom. The Hall–Kier alpha value is -1.89. The molecule has 2 aliphatic heterocycles. The fourth-order valence-corrected chi connectivity index (χ4v) is 3.22. The van der Waals surface area contributed by atoms with Crippen LogP contribution < -0.4 is 0 Å². The second-order valence-electron chi connectivity index (χ2n) is 5.98. The maximum Gasteiger partial charge on any atom is 0.272 e. The Morgan fingerprint density at radius 1 is 1.36 bits per heavy atom. The molecule has 0 aromatic carbocycles. The number of aryl methyl sites for hydroxylation is 2. The number of carbonyl (C=O) groups is 2. The molecule has 0 bridgehead atoms. The second-order valence-corrected chi connectivity index (χ2v) is 5.98. The third-order valence-electron chi connectivity index (χ3n) is 4.79. The summed E-state index contributed by atoms with van der Waals surface area (Å²) in [6.45, 7) is 3.34. The van der Waals surface area contributed by atoms with Crippen molar-refractivity contribution in [1.29, 1.82) is 0 Å². The third kappa shape index (κ3) is 2.29. The molecule has 0 radical (unpaired) electrons. The van der Waals surface area contributed by atoms with Crippen LogP contribution in [0.4, 0.5) is 0 Å². The predicted molar refractivity (Wildman–Crippen MR) is 79.2 cm³/mol. The number of likely N-dealkylation sites (tertiary alicyclic amines) is 1. The van der Waals surface area contributed by atoms with Gasteiger partial charge in [0.2, 0.25) is 0 Å². The van der Waals surface area contributed by atoms with Crippen LogP contribution in [0, 0.1) is 0 Å². The van der Waals surface area contributed by atoms with Crippen molar-refractivity contribution in [1.82, 2.24) is 19.6 Å². The van der Waals surface area contributed by atoms with E-state index in [1.54, 1.807) is 23.7 Å². The normalized spacial score (nSPS) is 21.0. The highest BCUT2D eigenvalue weighted by molar-refractivity contribution is 5.92. The average molecular weight is 306 g/mol. The van der Waals surface area contributed by atoms with E-state index in [1.165, 1.54) is 0 Å². The van der Waals surface area contributed by atoms with Crippen molar-refractivity contribution in [2.24, 2.45) is 7.05 Å². The predicted octanol–water partition coefficient (Wildman–Crippen LogP) is 0.403. The zero-order valence-corrected chi connectivity index (χ0v) is 13.3. The summed E-state index contributed by atoms with van der Waals surface area (Å²) >= 11 is 0. The molecule has 22 heavy (non-hydrogen) atoms. The number of ether oxygens (including phenoxy) is 1. The van der Waals surface area contributed by atoms with Crippen LogP contribution in [0.1, 0.15) is 35.9 Å². The van der Waals surface area contributed by atoms with Gasteiger partial charge in [-0.2, -0.15) is 5.10 Å². The summed E-state index contributed by atoms with van der Waals surface area (Å²) in [4.78, 5) is 27.8. The van der Waals surface area contributed by atoms with Gasteiger partial charge in [0.25, 0.3) is 11.8 Å². The molecule has 7 nitrogen and oxygen atoms in total. The average Bonchev–Trinajstić information content (AvgIpc) is 3.03. The minimum Gasteiger partial charge on any atom is -0.346 e. The molecule has 2 fully saturated rings. The van der Waals surface area contributed by atoms with Crippen LogP contribution in [-0.4, -0.2) is 63.9 Å². The van der Waals surface area contributed by atoms with Crippen LogP contribution in [-0.2, 0) is 23.0 Å². The van der Waals surface area contributed by atoms with Crippen molar-refractivity contribution in [2.45, 2.75) is 31.9 Å². The first-order chi connectivity index (χ1) is 10.5. The van der Waals surface area contributed by atoms with Crippen LogP contribution in [0.2, 0.25) is 0 Å². The van der Waals surface area contributed by atoms with Crippen LogP contribution in [0.3, 0.4) is 0 Å². The minimum absolute atomic E-state index is 0.00322. The highest BCUT2D eigenvalue weighted by Crippen LogP contribution is 2.33. The highest BCUT2D eigenvalue weighted by Gasteiger charge is 2.47. The molecule has 3 heterocycles. The zero-order chi connectivity index (χ0) is 15.9. The molecular weight excluding hydrogens is 284 g/mol. The van der Waals surface area contributed by atoms with Crippen LogP contribution in [0.15, 0.2) is 6.07 Å². The quantitative estimate of drug-likeness (QED) is 0.793. The maximum absolute atomic E-state index is 12.6. The third-order valence-corrected chi connectivity index (χ3v) is 4.79. The number of nitrogens with zero attached hydrogens (tertiary/aromatic N) is 4. The van der Waals surface area contributed by atoms with Crippen LogP contribution >= 0.6 is 0 Å². The van der Waals surface area contributed by atoms with E-state index in [9.17, 15) is 9.59 Å². The number of piperidine rings is 1. The Morgan fingerprint density at radius 3 is 2.55 bits per heavy atom. The van der Waals surface area contributed by atoms with Crippen molar-refractivity contribution < 1.29 is 14.3 Å². The maximum atomic E-state index is 12.6. The molecule has 0 aliphatic carbocycles. The van der Waals surface area contributed by atoms with Crippen molar-refractivity contribution in [3.05, 3.63) is 17.5 Å². The first kappa shape index (κ1) is 15.0. The molecular formula is C15H22N4O3. The zero-order valence-electron chi connectivity index (χ0n) is 13.3. The number of likely N-dealkylation sites (N-methyl/N-ethyl adjacent to an activating group) is 1. The number of amides is 2. The van der Waals surface area contributed by atoms with Gasteiger partial charge in [0.15, 0.2) is 0 Å². The molecule has 120 valence electrons. The lowest BCUT2D eigenvalue weighted by molar-refractivity contribution is -0.135. The summed E-state index contributed by atoms with van der Waals surface area (Å²) in [6.07, 6.45) is 2.11. The number of rotatable bonds is 2. The Balaban J connectivity index is 1.70. The lowest BCUT2D eigenvalue weighted by Gasteiger charge is -2.41. The lowest BCUT2D eigenvalue weighted by atomic mass is 9.99. The summed E-state index contributed by atoms with van der Waals surface area (Å²) < 4.78 is 7.35. The van der Waals surface area contributed by atoms with E-state index in [1.807, 2.05) is 17.9 Å². The van der Waals surface area contributed by atoms with E-state index in [4.69, 9.17) is 4.74 Å². The molecule has 2 aliphatic rings. The topological polar surface area (TPSA) is 67.7 Å². The molecule has 1 aromatic rings. The Kier molecular flexibility index (Phi) is 3.68. The van der Waals surface area contributed by atoms with Crippen LogP contribution in [0.5, 0.6) is 0 Å². The van der Waals surface area contributed by atoms with Gasteiger partial charge in [-0.15, -0.1) is 0 Å². The number of hydrogen-bond acceptors (Lipinski definition) is 4. The minimum atomic E-state index is -0.519. The number of aromatic nitrogens is 2. The van der Waals surface area contributed by atoms with Crippen molar-refractivity contribution >= 4 is 11.8 Å². The van der Waals surface area contributed by atoms with Gasteiger partial charge >= 0.3 is 0 Å². The first-order valence-corrected chi connectivity index (χ1v) is 7.69. The largest absolute Gasteiger partial charge is 0.346 e. The summed E-state index contributed by atoms with van der Waals surface area (Å²) in [5.41, 5.74) is 1.02. The van der Waals surface area contributed by atoms with E-state index in [-0.39, 0.29) is 18.4 Å². The van der Waals surface area contributed by atoms with E-state index in [0.29, 0.717) is 31.6 Å². The Bertz CT molecular complexity index is 602. The van der Waals surface area contributed by atoms with Gasteiger partial charge in [-0.25, -0.2) is 0 Å². The molecule has 2 amide bonds. The number of carbonyl (C=O) groups excluding carboxylic acids is 2.